The van der Waals surface area contributed by atoms with Crippen LogP contribution in [0.1, 0.15) is 28.1 Å². The molecule has 0 bridgehead atoms. The van der Waals surface area contributed by atoms with Crippen LogP contribution in [0.15, 0.2) is 59.5 Å². The van der Waals surface area contributed by atoms with Crippen LogP contribution in [-0.2, 0) is 0 Å². The molecule has 2 rings (SSSR count). The van der Waals surface area contributed by atoms with Gasteiger partial charge in [-0.15, -0.1) is 11.8 Å². The molecule has 0 N–H and O–H groups in total. The van der Waals surface area contributed by atoms with E-state index in [1.807, 2.05) is 30.3 Å². The lowest BCUT2D eigenvalue weighted by Crippen LogP contribution is -1.87. The van der Waals surface area contributed by atoms with Gasteiger partial charge in [-0.2, -0.15) is 0 Å². The SMILES string of the molecule is CC(Sc1ccc(C=O)cc1)c1ccccc1. The summed E-state index contributed by atoms with van der Waals surface area (Å²) in [6, 6.07) is 18.1. The minimum absolute atomic E-state index is 0.415. The van der Waals surface area contributed by atoms with Crippen LogP contribution < -0.4 is 0 Å². The van der Waals surface area contributed by atoms with Crippen molar-refractivity contribution in [1.29, 1.82) is 0 Å². The molecule has 0 amide bonds. The van der Waals surface area contributed by atoms with Crippen LogP contribution in [0.2, 0.25) is 0 Å². The zero-order valence-electron chi connectivity index (χ0n) is 9.67. The molecule has 0 fully saturated rings. The van der Waals surface area contributed by atoms with Crippen molar-refractivity contribution >= 4 is 18.0 Å². The molecule has 0 aliphatic rings. The summed E-state index contributed by atoms with van der Waals surface area (Å²) in [6.07, 6.45) is 0.870. The molecule has 1 unspecified atom stereocenters. The number of thioether (sulfide) groups is 1. The third-order valence-corrected chi connectivity index (χ3v) is 3.77. The normalized spacial score (nSPS) is 12.1. The number of hydrogen-bond acceptors (Lipinski definition) is 2. The van der Waals surface area contributed by atoms with Gasteiger partial charge in [-0.05, 0) is 24.6 Å². The number of carbonyl (C=O) groups is 1. The second-order valence-corrected chi connectivity index (χ2v) is 5.27. The van der Waals surface area contributed by atoms with Crippen molar-refractivity contribution in [3.8, 4) is 0 Å². The van der Waals surface area contributed by atoms with E-state index in [9.17, 15) is 4.79 Å². The van der Waals surface area contributed by atoms with E-state index >= 15 is 0 Å². The van der Waals surface area contributed by atoms with E-state index in [0.29, 0.717) is 5.25 Å². The fraction of sp³-hybridized carbons (Fsp3) is 0.133. The highest BCUT2D eigenvalue weighted by atomic mass is 32.2. The average Bonchev–Trinajstić information content (AvgIpc) is 2.40. The third-order valence-electron chi connectivity index (χ3n) is 2.60. The molecular formula is C15H14OS. The van der Waals surface area contributed by atoms with Crippen molar-refractivity contribution < 1.29 is 4.79 Å². The van der Waals surface area contributed by atoms with Crippen molar-refractivity contribution in [1.82, 2.24) is 0 Å². The van der Waals surface area contributed by atoms with Crippen molar-refractivity contribution in [2.45, 2.75) is 17.1 Å². The predicted octanol–water partition coefficient (Wildman–Crippen LogP) is 4.35. The van der Waals surface area contributed by atoms with Gasteiger partial charge in [0.05, 0.1) is 0 Å². The first-order valence-electron chi connectivity index (χ1n) is 5.56. The molecule has 0 spiro atoms. The maximum atomic E-state index is 10.6. The Balaban J connectivity index is 2.07. The van der Waals surface area contributed by atoms with Gasteiger partial charge in [0.2, 0.25) is 0 Å². The molecule has 0 saturated heterocycles. The first-order valence-corrected chi connectivity index (χ1v) is 6.44. The Hall–Kier alpha value is -1.54. The van der Waals surface area contributed by atoms with E-state index in [4.69, 9.17) is 0 Å². The van der Waals surface area contributed by atoms with Crippen LogP contribution in [0.3, 0.4) is 0 Å². The van der Waals surface area contributed by atoms with Gasteiger partial charge in [0.15, 0.2) is 0 Å². The molecule has 0 radical (unpaired) electrons. The Bertz CT molecular complexity index is 476. The van der Waals surface area contributed by atoms with Crippen molar-refractivity contribution in [2.24, 2.45) is 0 Å². The largest absolute Gasteiger partial charge is 0.298 e. The lowest BCUT2D eigenvalue weighted by atomic mass is 10.2. The van der Waals surface area contributed by atoms with E-state index in [0.717, 1.165) is 11.8 Å². The summed E-state index contributed by atoms with van der Waals surface area (Å²) in [7, 11) is 0. The predicted molar refractivity (Wildman–Crippen MR) is 72.5 cm³/mol. The smallest absolute Gasteiger partial charge is 0.150 e. The standard InChI is InChI=1S/C15H14OS/c1-12(14-5-3-2-4-6-14)17-15-9-7-13(11-16)8-10-15/h2-12H,1H3. The fourth-order valence-electron chi connectivity index (χ4n) is 1.62. The van der Waals surface area contributed by atoms with Gasteiger partial charge in [0, 0.05) is 15.7 Å². The molecule has 2 heteroatoms. The molecule has 1 atom stereocenters. The number of carbonyl (C=O) groups excluding carboxylic acids is 1. The second-order valence-electron chi connectivity index (χ2n) is 3.86. The average molecular weight is 242 g/mol. The van der Waals surface area contributed by atoms with Crippen LogP contribution >= 0.6 is 11.8 Å². The Labute approximate surface area is 106 Å². The molecule has 0 aliphatic heterocycles. The van der Waals surface area contributed by atoms with Gasteiger partial charge in [0.1, 0.15) is 6.29 Å². The van der Waals surface area contributed by atoms with Crippen LogP contribution in [0.25, 0.3) is 0 Å². The first kappa shape index (κ1) is 11.9. The molecule has 2 aromatic rings. The number of benzene rings is 2. The Morgan fingerprint density at radius 2 is 1.65 bits per heavy atom. The zero-order valence-corrected chi connectivity index (χ0v) is 10.5. The molecule has 0 aromatic heterocycles. The first-order chi connectivity index (χ1) is 8.29. The highest BCUT2D eigenvalue weighted by Gasteiger charge is 2.06. The molecule has 0 saturated carbocycles. The summed E-state index contributed by atoms with van der Waals surface area (Å²) in [5.74, 6) is 0. The molecule has 0 aliphatic carbocycles. The van der Waals surface area contributed by atoms with Crippen LogP contribution in [0.4, 0.5) is 0 Å². The monoisotopic (exact) mass is 242 g/mol. The van der Waals surface area contributed by atoms with E-state index in [-0.39, 0.29) is 0 Å². The highest BCUT2D eigenvalue weighted by molar-refractivity contribution is 7.99. The zero-order chi connectivity index (χ0) is 12.1. The van der Waals surface area contributed by atoms with Gasteiger partial charge in [-0.3, -0.25) is 4.79 Å². The van der Waals surface area contributed by atoms with Gasteiger partial charge >= 0.3 is 0 Å². The summed E-state index contributed by atoms with van der Waals surface area (Å²) < 4.78 is 0. The molecule has 0 heterocycles. The fourth-order valence-corrected chi connectivity index (χ4v) is 2.62. The van der Waals surface area contributed by atoms with Gasteiger partial charge in [-0.25, -0.2) is 0 Å². The molecular weight excluding hydrogens is 228 g/mol. The van der Waals surface area contributed by atoms with Crippen molar-refractivity contribution in [3.63, 3.8) is 0 Å². The quantitative estimate of drug-likeness (QED) is 0.585. The highest BCUT2D eigenvalue weighted by Crippen LogP contribution is 2.34. The summed E-state index contributed by atoms with van der Waals surface area (Å²) in [6.45, 7) is 2.19. The number of aldehydes is 1. The molecule has 2 aromatic carbocycles. The molecule has 1 nitrogen and oxygen atoms in total. The van der Waals surface area contributed by atoms with Crippen molar-refractivity contribution in [3.05, 3.63) is 65.7 Å². The van der Waals surface area contributed by atoms with E-state index in [1.165, 1.54) is 10.5 Å². The topological polar surface area (TPSA) is 17.1 Å². The summed E-state index contributed by atoms with van der Waals surface area (Å²) in [4.78, 5) is 11.7. The molecule has 86 valence electrons. The van der Waals surface area contributed by atoms with Gasteiger partial charge < -0.3 is 0 Å². The van der Waals surface area contributed by atoms with Gasteiger partial charge in [0.25, 0.3) is 0 Å². The lowest BCUT2D eigenvalue weighted by Gasteiger charge is -2.11. The second kappa shape index (κ2) is 5.69. The van der Waals surface area contributed by atoms with E-state index in [1.54, 1.807) is 11.8 Å². The van der Waals surface area contributed by atoms with Crippen molar-refractivity contribution in [2.75, 3.05) is 0 Å². The number of rotatable bonds is 4. The Kier molecular flexibility index (Phi) is 3.99. The summed E-state index contributed by atoms with van der Waals surface area (Å²) in [5.41, 5.74) is 2.04. The number of hydrogen-bond donors (Lipinski definition) is 0. The maximum absolute atomic E-state index is 10.6. The lowest BCUT2D eigenvalue weighted by molar-refractivity contribution is 0.112. The third kappa shape index (κ3) is 3.21. The van der Waals surface area contributed by atoms with Crippen LogP contribution in [-0.4, -0.2) is 6.29 Å². The van der Waals surface area contributed by atoms with E-state index < -0.39 is 0 Å². The summed E-state index contributed by atoms with van der Waals surface area (Å²) in [5, 5.41) is 0.415. The Morgan fingerprint density at radius 1 is 1.00 bits per heavy atom. The Morgan fingerprint density at radius 3 is 2.24 bits per heavy atom. The van der Waals surface area contributed by atoms with E-state index in [2.05, 4.69) is 31.2 Å². The molecule has 17 heavy (non-hydrogen) atoms. The van der Waals surface area contributed by atoms with Crippen LogP contribution in [0.5, 0.6) is 0 Å². The minimum atomic E-state index is 0.415. The maximum Gasteiger partial charge on any atom is 0.150 e. The summed E-state index contributed by atoms with van der Waals surface area (Å²) >= 11 is 1.80. The van der Waals surface area contributed by atoms with Crippen LogP contribution in [0, 0.1) is 0 Å². The minimum Gasteiger partial charge on any atom is -0.298 e. The van der Waals surface area contributed by atoms with Gasteiger partial charge in [-0.1, -0.05) is 42.5 Å².